The minimum absolute atomic E-state index is 0.928. The Morgan fingerprint density at radius 2 is 1.67 bits per heavy atom. The van der Waals surface area contributed by atoms with E-state index in [0.29, 0.717) is 0 Å². The minimum Gasteiger partial charge on any atom is -0.272 e. The van der Waals surface area contributed by atoms with Gasteiger partial charge in [0, 0.05) is 18.3 Å². The fourth-order valence-electron chi connectivity index (χ4n) is 2.65. The van der Waals surface area contributed by atoms with E-state index in [9.17, 15) is 0 Å². The van der Waals surface area contributed by atoms with Gasteiger partial charge in [-0.2, -0.15) is 5.10 Å². The molecule has 1 aromatic carbocycles. The van der Waals surface area contributed by atoms with Crippen LogP contribution in [-0.2, 0) is 13.0 Å². The molecule has 0 saturated carbocycles. The Balaban J connectivity index is 2.64. The van der Waals surface area contributed by atoms with Crippen molar-refractivity contribution in [2.24, 2.45) is 0 Å². The predicted octanol–water partition coefficient (Wildman–Crippen LogP) is 4.06. The number of nitrogens with zero attached hydrogens (tertiary/aromatic N) is 2. The zero-order valence-electron chi connectivity index (χ0n) is 12.0. The average molecular weight is 242 g/mol. The van der Waals surface area contributed by atoms with Crippen LogP contribution < -0.4 is 0 Å². The lowest BCUT2D eigenvalue weighted by Gasteiger charge is -2.10. The van der Waals surface area contributed by atoms with Crippen molar-refractivity contribution in [3.8, 4) is 11.3 Å². The van der Waals surface area contributed by atoms with Crippen molar-refractivity contribution in [3.05, 3.63) is 40.6 Å². The van der Waals surface area contributed by atoms with Crippen LogP contribution in [0, 0.1) is 20.8 Å². The molecule has 0 aliphatic rings. The zero-order valence-corrected chi connectivity index (χ0v) is 12.0. The number of aromatic nitrogens is 2. The Morgan fingerprint density at radius 1 is 1.06 bits per heavy atom. The summed E-state index contributed by atoms with van der Waals surface area (Å²) in [4.78, 5) is 0. The molecule has 2 nitrogen and oxygen atoms in total. The Kier molecular flexibility index (Phi) is 3.55. The molecule has 0 aliphatic heterocycles. The van der Waals surface area contributed by atoms with Gasteiger partial charge in [-0.15, -0.1) is 0 Å². The van der Waals surface area contributed by atoms with E-state index in [2.05, 4.69) is 52.9 Å². The van der Waals surface area contributed by atoms with Gasteiger partial charge in [0.1, 0.15) is 0 Å². The fourth-order valence-corrected chi connectivity index (χ4v) is 2.65. The molecule has 0 saturated heterocycles. The van der Waals surface area contributed by atoms with Crippen LogP contribution in [0.15, 0.2) is 18.3 Å². The summed E-state index contributed by atoms with van der Waals surface area (Å²) in [6.07, 6.45) is 3.20. The summed E-state index contributed by atoms with van der Waals surface area (Å²) in [5, 5.41) is 4.74. The second-order valence-electron chi connectivity index (χ2n) is 4.99. The lowest BCUT2D eigenvalue weighted by atomic mass is 9.95. The van der Waals surface area contributed by atoms with Crippen LogP contribution in [0.2, 0.25) is 0 Å². The van der Waals surface area contributed by atoms with Crippen molar-refractivity contribution in [2.75, 3.05) is 0 Å². The molecule has 0 radical (unpaired) electrons. The van der Waals surface area contributed by atoms with Crippen LogP contribution in [0.25, 0.3) is 11.3 Å². The van der Waals surface area contributed by atoms with Gasteiger partial charge >= 0.3 is 0 Å². The van der Waals surface area contributed by atoms with Crippen LogP contribution >= 0.6 is 0 Å². The molecule has 0 unspecified atom stereocenters. The summed E-state index contributed by atoms with van der Waals surface area (Å²) >= 11 is 0. The molecular formula is C16H22N2. The highest BCUT2D eigenvalue weighted by molar-refractivity contribution is 5.70. The number of aryl methyl sites for hydroxylation is 5. The summed E-state index contributed by atoms with van der Waals surface area (Å²) < 4.78 is 2.03. The molecule has 2 heteroatoms. The monoisotopic (exact) mass is 242 g/mol. The maximum absolute atomic E-state index is 4.74. The van der Waals surface area contributed by atoms with Gasteiger partial charge in [-0.05, 0) is 50.8 Å². The first-order valence-electron chi connectivity index (χ1n) is 6.71. The molecule has 0 spiro atoms. The molecule has 0 bridgehead atoms. The molecule has 0 fully saturated rings. The second kappa shape index (κ2) is 4.97. The van der Waals surface area contributed by atoms with E-state index in [1.807, 2.05) is 4.68 Å². The van der Waals surface area contributed by atoms with Gasteiger partial charge in [0.2, 0.25) is 0 Å². The largest absolute Gasteiger partial charge is 0.272 e. The van der Waals surface area contributed by atoms with Crippen LogP contribution in [0.3, 0.4) is 0 Å². The van der Waals surface area contributed by atoms with Crippen LogP contribution in [-0.4, -0.2) is 9.78 Å². The SMILES string of the molecule is CCc1cn(CC)nc1-c1c(C)cc(C)cc1C. The molecule has 2 rings (SSSR count). The van der Waals surface area contributed by atoms with E-state index in [0.717, 1.165) is 18.7 Å². The normalized spacial score (nSPS) is 10.9. The molecule has 0 aliphatic carbocycles. The molecule has 2 aromatic rings. The topological polar surface area (TPSA) is 17.8 Å². The summed E-state index contributed by atoms with van der Waals surface area (Å²) in [5.74, 6) is 0. The van der Waals surface area contributed by atoms with E-state index >= 15 is 0 Å². The standard InChI is InChI=1S/C16H22N2/c1-6-14-10-18(7-2)17-16(14)15-12(4)8-11(3)9-13(15)5/h8-10H,6-7H2,1-5H3. The van der Waals surface area contributed by atoms with E-state index in [1.54, 1.807) is 0 Å². The van der Waals surface area contributed by atoms with Crippen molar-refractivity contribution in [1.82, 2.24) is 9.78 Å². The predicted molar refractivity (Wildman–Crippen MR) is 76.9 cm³/mol. The summed E-state index contributed by atoms with van der Waals surface area (Å²) in [6, 6.07) is 4.49. The summed E-state index contributed by atoms with van der Waals surface area (Å²) in [7, 11) is 0. The third kappa shape index (κ3) is 2.20. The van der Waals surface area contributed by atoms with E-state index < -0.39 is 0 Å². The van der Waals surface area contributed by atoms with E-state index in [-0.39, 0.29) is 0 Å². The molecule has 0 N–H and O–H groups in total. The highest BCUT2D eigenvalue weighted by atomic mass is 15.3. The summed E-state index contributed by atoms with van der Waals surface area (Å²) in [6.45, 7) is 11.8. The van der Waals surface area contributed by atoms with Gasteiger partial charge < -0.3 is 0 Å². The van der Waals surface area contributed by atoms with Crippen molar-refractivity contribution in [1.29, 1.82) is 0 Å². The van der Waals surface area contributed by atoms with E-state index in [1.165, 1.54) is 27.8 Å². The third-order valence-corrected chi connectivity index (χ3v) is 3.46. The molecule has 1 aromatic heterocycles. The lowest BCUT2D eigenvalue weighted by molar-refractivity contribution is 0.661. The minimum atomic E-state index is 0.928. The smallest absolute Gasteiger partial charge is 0.0960 e. The average Bonchev–Trinajstić information content (AvgIpc) is 2.71. The molecule has 1 heterocycles. The van der Waals surface area contributed by atoms with Crippen LogP contribution in [0.1, 0.15) is 36.1 Å². The zero-order chi connectivity index (χ0) is 13.3. The highest BCUT2D eigenvalue weighted by Crippen LogP contribution is 2.30. The van der Waals surface area contributed by atoms with Gasteiger partial charge in [-0.25, -0.2) is 0 Å². The van der Waals surface area contributed by atoms with Crippen LogP contribution in [0.4, 0.5) is 0 Å². The lowest BCUT2D eigenvalue weighted by Crippen LogP contribution is -1.96. The molecule has 18 heavy (non-hydrogen) atoms. The molecule has 0 atom stereocenters. The highest BCUT2D eigenvalue weighted by Gasteiger charge is 2.14. The van der Waals surface area contributed by atoms with Crippen molar-refractivity contribution in [3.63, 3.8) is 0 Å². The van der Waals surface area contributed by atoms with Crippen molar-refractivity contribution >= 4 is 0 Å². The third-order valence-electron chi connectivity index (χ3n) is 3.46. The Labute approximate surface area is 110 Å². The molecule has 96 valence electrons. The summed E-state index contributed by atoms with van der Waals surface area (Å²) in [5.41, 5.74) is 7.78. The first kappa shape index (κ1) is 12.9. The molecular weight excluding hydrogens is 220 g/mol. The van der Waals surface area contributed by atoms with Crippen molar-refractivity contribution in [2.45, 2.75) is 47.6 Å². The maximum atomic E-state index is 4.74. The van der Waals surface area contributed by atoms with Crippen LogP contribution in [0.5, 0.6) is 0 Å². The second-order valence-corrected chi connectivity index (χ2v) is 4.99. The maximum Gasteiger partial charge on any atom is 0.0960 e. The van der Waals surface area contributed by atoms with Gasteiger partial charge in [0.15, 0.2) is 0 Å². The number of rotatable bonds is 3. The van der Waals surface area contributed by atoms with Gasteiger partial charge in [-0.3, -0.25) is 4.68 Å². The first-order chi connectivity index (χ1) is 8.56. The van der Waals surface area contributed by atoms with Gasteiger partial charge in [0.25, 0.3) is 0 Å². The number of hydrogen-bond acceptors (Lipinski definition) is 1. The molecule has 0 amide bonds. The van der Waals surface area contributed by atoms with Crippen molar-refractivity contribution < 1.29 is 0 Å². The van der Waals surface area contributed by atoms with Gasteiger partial charge in [0.05, 0.1) is 5.69 Å². The Bertz CT molecular complexity index is 541. The van der Waals surface area contributed by atoms with E-state index in [4.69, 9.17) is 5.10 Å². The fraction of sp³-hybridized carbons (Fsp3) is 0.438. The Hall–Kier alpha value is -1.57. The number of hydrogen-bond donors (Lipinski definition) is 0. The first-order valence-corrected chi connectivity index (χ1v) is 6.71. The van der Waals surface area contributed by atoms with Gasteiger partial charge in [-0.1, -0.05) is 24.6 Å². The quantitative estimate of drug-likeness (QED) is 0.793. The Morgan fingerprint density at radius 3 is 2.17 bits per heavy atom. The number of benzene rings is 1.